The van der Waals surface area contributed by atoms with Crippen molar-refractivity contribution in [3.05, 3.63) is 60.2 Å². The van der Waals surface area contributed by atoms with Crippen LogP contribution >= 0.6 is 0 Å². The molecule has 6 heteroatoms. The van der Waals surface area contributed by atoms with E-state index in [1.165, 1.54) is 15.4 Å². The number of imide groups is 1. The van der Waals surface area contributed by atoms with Gasteiger partial charge >= 0.3 is 6.03 Å². The van der Waals surface area contributed by atoms with Crippen molar-refractivity contribution in [2.45, 2.75) is 39.7 Å². The minimum absolute atomic E-state index is 0.0733. The molecule has 29 heavy (non-hydrogen) atoms. The predicted molar refractivity (Wildman–Crippen MR) is 114 cm³/mol. The van der Waals surface area contributed by atoms with Crippen molar-refractivity contribution in [1.82, 2.24) is 4.90 Å². The topological polar surface area (TPSA) is 69.7 Å². The number of para-hydroxylation sites is 1. The van der Waals surface area contributed by atoms with Crippen LogP contribution in [-0.4, -0.2) is 35.3 Å². The van der Waals surface area contributed by atoms with Crippen molar-refractivity contribution >= 4 is 29.2 Å². The Bertz CT molecular complexity index is 878. The molecular weight excluding hydrogens is 366 g/mol. The Balaban J connectivity index is 1.78. The van der Waals surface area contributed by atoms with Crippen molar-refractivity contribution in [3.63, 3.8) is 0 Å². The molecule has 1 N–H and O–H groups in total. The summed E-state index contributed by atoms with van der Waals surface area (Å²) < 4.78 is 0. The van der Waals surface area contributed by atoms with Crippen molar-refractivity contribution in [2.75, 3.05) is 16.8 Å². The molecule has 0 unspecified atom stereocenters. The Morgan fingerprint density at radius 2 is 1.69 bits per heavy atom. The first-order valence-electron chi connectivity index (χ1n) is 9.99. The molecule has 1 heterocycles. The minimum atomic E-state index is -0.806. The van der Waals surface area contributed by atoms with Gasteiger partial charge in [-0.15, -0.1) is 0 Å². The lowest BCUT2D eigenvalue weighted by Gasteiger charge is -2.23. The van der Waals surface area contributed by atoms with Crippen LogP contribution in [-0.2, 0) is 16.0 Å². The molecule has 6 nitrogen and oxygen atoms in total. The Hall–Kier alpha value is -3.15. The predicted octanol–water partition coefficient (Wildman–Crippen LogP) is 4.07. The van der Waals surface area contributed by atoms with Crippen LogP contribution in [0.3, 0.4) is 0 Å². The number of anilines is 2. The third kappa shape index (κ3) is 4.65. The molecule has 1 saturated heterocycles. The molecule has 152 valence electrons. The standard InChI is InChI=1S/C23H27N3O3/c1-4-17-10-12-18(13-11-17)24-21(27)14-20-22(28)26(19-8-6-5-7-9-19)23(29)25(20)15-16(2)3/h5-13,16,20H,4,14-15H2,1-3H3,(H,24,27)/t20-/m1/s1. The lowest BCUT2D eigenvalue weighted by atomic mass is 10.1. The Labute approximate surface area is 171 Å². The quantitative estimate of drug-likeness (QED) is 0.721. The maximum Gasteiger partial charge on any atom is 0.332 e. The summed E-state index contributed by atoms with van der Waals surface area (Å²) in [7, 11) is 0. The van der Waals surface area contributed by atoms with Crippen LogP contribution in [0.5, 0.6) is 0 Å². The number of aryl methyl sites for hydroxylation is 1. The maximum atomic E-state index is 13.1. The highest BCUT2D eigenvalue weighted by molar-refractivity contribution is 6.22. The van der Waals surface area contributed by atoms with Crippen LogP contribution in [0, 0.1) is 5.92 Å². The molecule has 1 aliphatic rings. The van der Waals surface area contributed by atoms with Gasteiger partial charge in [0, 0.05) is 12.2 Å². The van der Waals surface area contributed by atoms with E-state index in [0.717, 1.165) is 6.42 Å². The second-order valence-electron chi connectivity index (χ2n) is 7.66. The van der Waals surface area contributed by atoms with Gasteiger partial charge in [-0.05, 0) is 42.2 Å². The largest absolute Gasteiger partial charge is 0.332 e. The van der Waals surface area contributed by atoms with E-state index >= 15 is 0 Å². The number of rotatable bonds is 7. The molecule has 3 rings (SSSR count). The fourth-order valence-electron chi connectivity index (χ4n) is 3.46. The highest BCUT2D eigenvalue weighted by Gasteiger charge is 2.46. The first kappa shape index (κ1) is 20.6. The molecule has 0 saturated carbocycles. The number of amides is 4. The van der Waals surface area contributed by atoms with Gasteiger partial charge in [0.1, 0.15) is 6.04 Å². The van der Waals surface area contributed by atoms with Gasteiger partial charge in [0.25, 0.3) is 5.91 Å². The zero-order valence-electron chi connectivity index (χ0n) is 17.1. The molecule has 0 aromatic heterocycles. The van der Waals surface area contributed by atoms with Gasteiger partial charge in [0.15, 0.2) is 0 Å². The van der Waals surface area contributed by atoms with Crippen molar-refractivity contribution in [2.24, 2.45) is 5.92 Å². The first-order chi connectivity index (χ1) is 13.9. The van der Waals surface area contributed by atoms with Crippen molar-refractivity contribution < 1.29 is 14.4 Å². The molecule has 2 aromatic carbocycles. The smallest absolute Gasteiger partial charge is 0.326 e. The summed E-state index contributed by atoms with van der Waals surface area (Å²) in [6.45, 7) is 6.44. The van der Waals surface area contributed by atoms with E-state index < -0.39 is 6.04 Å². The number of urea groups is 1. The molecule has 1 fully saturated rings. The number of nitrogens with one attached hydrogen (secondary N) is 1. The minimum Gasteiger partial charge on any atom is -0.326 e. The molecule has 4 amide bonds. The van der Waals surface area contributed by atoms with Crippen LogP contribution in [0.25, 0.3) is 0 Å². The molecular formula is C23H27N3O3. The Kier molecular flexibility index (Phi) is 6.32. The van der Waals surface area contributed by atoms with Gasteiger partial charge in [-0.25, -0.2) is 9.69 Å². The van der Waals surface area contributed by atoms with E-state index in [9.17, 15) is 14.4 Å². The summed E-state index contributed by atoms with van der Waals surface area (Å²) >= 11 is 0. The summed E-state index contributed by atoms with van der Waals surface area (Å²) in [4.78, 5) is 41.4. The zero-order valence-corrected chi connectivity index (χ0v) is 17.1. The molecule has 2 aromatic rings. The summed E-state index contributed by atoms with van der Waals surface area (Å²) in [6.07, 6.45) is 0.850. The zero-order chi connectivity index (χ0) is 21.0. The van der Waals surface area contributed by atoms with E-state index in [0.29, 0.717) is 17.9 Å². The highest BCUT2D eigenvalue weighted by atomic mass is 16.2. The molecule has 1 aliphatic heterocycles. The monoisotopic (exact) mass is 393 g/mol. The maximum absolute atomic E-state index is 13.1. The number of benzene rings is 2. The van der Waals surface area contributed by atoms with E-state index in [1.54, 1.807) is 24.3 Å². The number of hydrogen-bond acceptors (Lipinski definition) is 3. The van der Waals surface area contributed by atoms with Gasteiger partial charge in [-0.3, -0.25) is 9.59 Å². The average Bonchev–Trinajstić information content (AvgIpc) is 2.92. The molecule has 0 bridgehead atoms. The Morgan fingerprint density at radius 1 is 1.03 bits per heavy atom. The van der Waals surface area contributed by atoms with Gasteiger partial charge in [0.05, 0.1) is 12.1 Å². The van der Waals surface area contributed by atoms with Crippen LogP contribution in [0.4, 0.5) is 16.2 Å². The van der Waals surface area contributed by atoms with E-state index in [-0.39, 0.29) is 30.2 Å². The summed E-state index contributed by atoms with van der Waals surface area (Å²) in [5, 5.41) is 2.84. The lowest BCUT2D eigenvalue weighted by molar-refractivity contribution is -0.124. The van der Waals surface area contributed by atoms with Crippen LogP contribution < -0.4 is 10.2 Å². The number of hydrogen-bond donors (Lipinski definition) is 1. The first-order valence-corrected chi connectivity index (χ1v) is 9.99. The molecule has 0 radical (unpaired) electrons. The van der Waals surface area contributed by atoms with E-state index in [2.05, 4.69) is 12.2 Å². The van der Waals surface area contributed by atoms with Gasteiger partial charge in [-0.1, -0.05) is 51.1 Å². The second-order valence-corrected chi connectivity index (χ2v) is 7.66. The SMILES string of the molecule is CCc1ccc(NC(=O)C[C@@H]2C(=O)N(c3ccccc3)C(=O)N2CC(C)C)cc1. The molecule has 0 spiro atoms. The highest BCUT2D eigenvalue weighted by Crippen LogP contribution is 2.27. The number of nitrogens with zero attached hydrogens (tertiary/aromatic N) is 2. The third-order valence-electron chi connectivity index (χ3n) is 4.92. The van der Waals surface area contributed by atoms with Crippen LogP contribution in [0.2, 0.25) is 0 Å². The van der Waals surface area contributed by atoms with Crippen molar-refractivity contribution in [1.29, 1.82) is 0 Å². The fraction of sp³-hybridized carbons (Fsp3) is 0.348. The third-order valence-corrected chi connectivity index (χ3v) is 4.92. The van der Waals surface area contributed by atoms with Crippen LogP contribution in [0.15, 0.2) is 54.6 Å². The van der Waals surface area contributed by atoms with Gasteiger partial charge in [0.2, 0.25) is 5.91 Å². The fourth-order valence-corrected chi connectivity index (χ4v) is 3.46. The van der Waals surface area contributed by atoms with Gasteiger partial charge < -0.3 is 10.2 Å². The lowest BCUT2D eigenvalue weighted by Crippen LogP contribution is -2.40. The normalized spacial score (nSPS) is 16.6. The van der Waals surface area contributed by atoms with Crippen molar-refractivity contribution in [3.8, 4) is 0 Å². The number of carbonyl (C=O) groups excluding carboxylic acids is 3. The summed E-state index contributed by atoms with van der Waals surface area (Å²) in [5.74, 6) is -0.475. The average molecular weight is 393 g/mol. The Morgan fingerprint density at radius 3 is 2.28 bits per heavy atom. The second kappa shape index (κ2) is 8.90. The van der Waals surface area contributed by atoms with E-state index in [1.807, 2.05) is 44.2 Å². The van der Waals surface area contributed by atoms with Gasteiger partial charge in [-0.2, -0.15) is 0 Å². The molecule has 1 atom stereocenters. The summed E-state index contributed by atoms with van der Waals surface area (Å²) in [5.41, 5.74) is 2.38. The summed E-state index contributed by atoms with van der Waals surface area (Å²) in [6, 6.07) is 15.3. The van der Waals surface area contributed by atoms with Crippen LogP contribution in [0.1, 0.15) is 32.8 Å². The number of carbonyl (C=O) groups is 3. The molecule has 0 aliphatic carbocycles. The van der Waals surface area contributed by atoms with E-state index in [4.69, 9.17) is 0 Å².